The maximum atomic E-state index is 9.74. The van der Waals surface area contributed by atoms with E-state index in [9.17, 15) is 5.11 Å². The molecule has 0 saturated heterocycles. The van der Waals surface area contributed by atoms with Gasteiger partial charge >= 0.3 is 0 Å². The minimum Gasteiger partial charge on any atom is -0.384 e. The number of aliphatic hydroxyl groups is 1. The van der Waals surface area contributed by atoms with E-state index in [1.54, 1.807) is 0 Å². The lowest BCUT2D eigenvalue weighted by atomic mass is 10.1. The minimum absolute atomic E-state index is 0.472. The molecule has 1 aromatic rings. The quantitative estimate of drug-likeness (QED) is 0.654. The summed E-state index contributed by atoms with van der Waals surface area (Å²) in [6.07, 6.45) is 1.38. The van der Waals surface area contributed by atoms with Gasteiger partial charge < -0.3 is 5.11 Å². The van der Waals surface area contributed by atoms with Gasteiger partial charge in [-0.15, -0.1) is 0 Å². The van der Waals surface area contributed by atoms with Crippen molar-refractivity contribution in [1.82, 2.24) is 0 Å². The molecule has 0 aromatic heterocycles. The molecule has 0 saturated carbocycles. The van der Waals surface area contributed by atoms with Gasteiger partial charge in [-0.05, 0) is 54.1 Å². The molecule has 2 heteroatoms. The second kappa shape index (κ2) is 4.77. The van der Waals surface area contributed by atoms with Crippen LogP contribution in [0.25, 0.3) is 0 Å². The molecule has 0 aliphatic carbocycles. The molecule has 0 fully saturated rings. The van der Waals surface area contributed by atoms with Gasteiger partial charge in [0.2, 0.25) is 0 Å². The lowest BCUT2D eigenvalue weighted by Gasteiger charge is -2.06. The van der Waals surface area contributed by atoms with E-state index in [1.165, 1.54) is 0 Å². The molecular weight excluding hydrogens is 275 g/mol. The van der Waals surface area contributed by atoms with Crippen molar-refractivity contribution < 1.29 is 5.11 Å². The number of rotatable bonds is 2. The van der Waals surface area contributed by atoms with E-state index in [4.69, 9.17) is 0 Å². The first-order valence-electron chi connectivity index (χ1n) is 4.18. The monoisotopic (exact) mass is 288 g/mol. The zero-order chi connectivity index (χ0) is 9.84. The van der Waals surface area contributed by atoms with Gasteiger partial charge in [0.1, 0.15) is 0 Å². The van der Waals surface area contributed by atoms with E-state index < -0.39 is 6.10 Å². The molecule has 0 aliphatic rings. The Morgan fingerprint density at radius 1 is 1.46 bits per heavy atom. The molecule has 0 aliphatic heterocycles. The van der Waals surface area contributed by atoms with Gasteiger partial charge in [0.25, 0.3) is 0 Å². The van der Waals surface area contributed by atoms with Crippen LogP contribution in [-0.4, -0.2) is 5.11 Å². The van der Waals surface area contributed by atoms with Gasteiger partial charge in [0.15, 0.2) is 0 Å². The number of aliphatic hydroxyl groups excluding tert-OH is 1. The molecule has 0 bridgehead atoms. The van der Waals surface area contributed by atoms with Gasteiger partial charge in [-0.1, -0.05) is 23.8 Å². The second-order valence-corrected chi connectivity index (χ2v) is 4.49. The number of hydrogen-bond acceptors (Lipinski definition) is 1. The summed E-state index contributed by atoms with van der Waals surface area (Å²) in [5, 5.41) is 9.74. The maximum Gasteiger partial charge on any atom is 0.0974 e. The maximum absolute atomic E-state index is 9.74. The molecule has 0 spiro atoms. The lowest BCUT2D eigenvalue weighted by Crippen LogP contribution is -1.93. The van der Waals surface area contributed by atoms with Crippen LogP contribution in [0.2, 0.25) is 0 Å². The van der Waals surface area contributed by atoms with E-state index in [2.05, 4.69) is 22.6 Å². The smallest absolute Gasteiger partial charge is 0.0974 e. The molecule has 1 N–H and O–H groups in total. The Kier molecular flexibility index (Phi) is 3.93. The highest BCUT2D eigenvalue weighted by atomic mass is 127. The fraction of sp³-hybridized carbons (Fsp3) is 0.273. The van der Waals surface area contributed by atoms with E-state index in [0.29, 0.717) is 0 Å². The van der Waals surface area contributed by atoms with Crippen LogP contribution >= 0.6 is 22.6 Å². The lowest BCUT2D eigenvalue weighted by molar-refractivity contribution is 0.227. The van der Waals surface area contributed by atoms with Gasteiger partial charge in [-0.2, -0.15) is 0 Å². The molecule has 1 nitrogen and oxygen atoms in total. The first-order valence-corrected chi connectivity index (χ1v) is 5.26. The molecule has 1 aromatic carbocycles. The van der Waals surface area contributed by atoms with Crippen molar-refractivity contribution in [3.05, 3.63) is 45.0 Å². The van der Waals surface area contributed by atoms with Crippen LogP contribution in [0.5, 0.6) is 0 Å². The standard InChI is InChI=1S/C11H13IO/c1-8(2)6-11(13)9-4-3-5-10(12)7-9/h3-7,11,13H,1-2H3. The summed E-state index contributed by atoms with van der Waals surface area (Å²) in [6.45, 7) is 3.97. The van der Waals surface area contributed by atoms with Crippen molar-refractivity contribution in [3.63, 3.8) is 0 Å². The average molecular weight is 288 g/mol. The van der Waals surface area contributed by atoms with Crippen molar-refractivity contribution in [2.75, 3.05) is 0 Å². The summed E-state index contributed by atoms with van der Waals surface area (Å²) in [7, 11) is 0. The van der Waals surface area contributed by atoms with Crippen LogP contribution in [0.4, 0.5) is 0 Å². The molecule has 0 heterocycles. The number of halogens is 1. The van der Waals surface area contributed by atoms with Gasteiger partial charge in [-0.25, -0.2) is 0 Å². The summed E-state index contributed by atoms with van der Waals surface area (Å²) in [6, 6.07) is 7.90. The molecule has 0 amide bonds. The summed E-state index contributed by atoms with van der Waals surface area (Å²) in [5.74, 6) is 0. The largest absolute Gasteiger partial charge is 0.384 e. The second-order valence-electron chi connectivity index (χ2n) is 3.24. The molecule has 1 rings (SSSR count). The normalized spacial score (nSPS) is 12.3. The van der Waals surface area contributed by atoms with E-state index >= 15 is 0 Å². The molecule has 1 atom stereocenters. The fourth-order valence-electron chi connectivity index (χ4n) is 1.10. The predicted molar refractivity (Wildman–Crippen MR) is 63.5 cm³/mol. The summed E-state index contributed by atoms with van der Waals surface area (Å²) >= 11 is 2.24. The Labute approximate surface area is 92.6 Å². The number of allylic oxidation sites excluding steroid dienone is 1. The van der Waals surface area contributed by atoms with Crippen LogP contribution in [0.3, 0.4) is 0 Å². The number of benzene rings is 1. The highest BCUT2D eigenvalue weighted by Crippen LogP contribution is 2.17. The molecule has 70 valence electrons. The first kappa shape index (κ1) is 10.7. The fourth-order valence-corrected chi connectivity index (χ4v) is 1.67. The van der Waals surface area contributed by atoms with E-state index in [0.717, 1.165) is 14.7 Å². The summed E-state index contributed by atoms with van der Waals surface area (Å²) < 4.78 is 1.15. The average Bonchev–Trinajstić information content (AvgIpc) is 2.03. The van der Waals surface area contributed by atoms with Crippen molar-refractivity contribution in [2.24, 2.45) is 0 Å². The van der Waals surface area contributed by atoms with Crippen molar-refractivity contribution in [3.8, 4) is 0 Å². The van der Waals surface area contributed by atoms with Crippen LogP contribution < -0.4 is 0 Å². The zero-order valence-electron chi connectivity index (χ0n) is 7.79. The third-order valence-corrected chi connectivity index (χ3v) is 2.35. The van der Waals surface area contributed by atoms with Gasteiger partial charge in [0.05, 0.1) is 6.10 Å². The van der Waals surface area contributed by atoms with Crippen LogP contribution in [0.15, 0.2) is 35.9 Å². The molecule has 13 heavy (non-hydrogen) atoms. The van der Waals surface area contributed by atoms with Gasteiger partial charge in [0, 0.05) is 3.57 Å². The Balaban J connectivity index is 2.89. The molecule has 1 unspecified atom stereocenters. The highest BCUT2D eigenvalue weighted by Gasteiger charge is 2.03. The van der Waals surface area contributed by atoms with E-state index in [1.807, 2.05) is 44.2 Å². The summed E-state index contributed by atoms with van der Waals surface area (Å²) in [5.41, 5.74) is 2.08. The van der Waals surface area contributed by atoms with Crippen LogP contribution in [0.1, 0.15) is 25.5 Å². The summed E-state index contributed by atoms with van der Waals surface area (Å²) in [4.78, 5) is 0. The van der Waals surface area contributed by atoms with Crippen LogP contribution in [-0.2, 0) is 0 Å². The Morgan fingerprint density at radius 2 is 2.15 bits per heavy atom. The predicted octanol–water partition coefficient (Wildman–Crippen LogP) is 3.29. The Hall–Kier alpha value is -0.350. The van der Waals surface area contributed by atoms with Crippen LogP contribution in [0, 0.1) is 3.57 Å². The third kappa shape index (κ3) is 3.48. The topological polar surface area (TPSA) is 20.2 Å². The van der Waals surface area contributed by atoms with Crippen molar-refractivity contribution >= 4 is 22.6 Å². The molecule has 0 radical (unpaired) electrons. The number of hydrogen-bond donors (Lipinski definition) is 1. The minimum atomic E-state index is -0.472. The molecular formula is C11H13IO. The Bertz CT molecular complexity index is 314. The van der Waals surface area contributed by atoms with Gasteiger partial charge in [-0.3, -0.25) is 0 Å². The van der Waals surface area contributed by atoms with Crippen molar-refractivity contribution in [1.29, 1.82) is 0 Å². The van der Waals surface area contributed by atoms with Crippen molar-refractivity contribution in [2.45, 2.75) is 20.0 Å². The zero-order valence-corrected chi connectivity index (χ0v) is 9.95. The highest BCUT2D eigenvalue weighted by molar-refractivity contribution is 14.1. The first-order chi connectivity index (χ1) is 6.09. The third-order valence-electron chi connectivity index (χ3n) is 1.68. The SMILES string of the molecule is CC(C)=CC(O)c1cccc(I)c1. The van der Waals surface area contributed by atoms with E-state index in [-0.39, 0.29) is 0 Å². The Morgan fingerprint density at radius 3 is 2.69 bits per heavy atom.